The van der Waals surface area contributed by atoms with Crippen molar-refractivity contribution in [2.75, 3.05) is 13.2 Å². The summed E-state index contributed by atoms with van der Waals surface area (Å²) in [5.41, 5.74) is 0.959. The second-order valence-electron chi connectivity index (χ2n) is 5.79. The molecule has 1 rings (SSSR count). The largest absolute Gasteiger partial charge is 0.483 e. The van der Waals surface area contributed by atoms with Crippen molar-refractivity contribution >= 4 is 17.5 Å². The van der Waals surface area contributed by atoms with E-state index in [4.69, 9.17) is 16.3 Å². The summed E-state index contributed by atoms with van der Waals surface area (Å²) in [7, 11) is 0. The third-order valence-electron chi connectivity index (χ3n) is 2.70. The van der Waals surface area contributed by atoms with Crippen LogP contribution in [0.2, 0.25) is 5.02 Å². The Morgan fingerprint density at radius 1 is 1.29 bits per heavy atom. The molecule has 21 heavy (non-hydrogen) atoms. The van der Waals surface area contributed by atoms with Gasteiger partial charge in [0.1, 0.15) is 5.75 Å². The van der Waals surface area contributed by atoms with E-state index < -0.39 is 0 Å². The lowest BCUT2D eigenvalue weighted by molar-refractivity contribution is -0.123. The van der Waals surface area contributed by atoms with E-state index in [1.807, 2.05) is 19.9 Å². The van der Waals surface area contributed by atoms with Gasteiger partial charge in [-0.15, -0.1) is 0 Å². The predicted octanol–water partition coefficient (Wildman–Crippen LogP) is 2.99. The topological polar surface area (TPSA) is 50.4 Å². The maximum absolute atomic E-state index is 11.6. The van der Waals surface area contributed by atoms with E-state index in [0.717, 1.165) is 12.1 Å². The molecule has 2 N–H and O–H groups in total. The summed E-state index contributed by atoms with van der Waals surface area (Å²) in [6.07, 6.45) is 0. The third-order valence-corrected chi connectivity index (χ3v) is 2.93. The minimum atomic E-state index is -0.124. The summed E-state index contributed by atoms with van der Waals surface area (Å²) < 4.78 is 5.60. The molecule has 0 fully saturated rings. The fourth-order valence-corrected chi connectivity index (χ4v) is 2.02. The number of amides is 1. The Hall–Kier alpha value is -1.26. The van der Waals surface area contributed by atoms with Gasteiger partial charge in [-0.2, -0.15) is 0 Å². The quantitative estimate of drug-likeness (QED) is 0.776. The van der Waals surface area contributed by atoms with Crippen LogP contribution >= 0.6 is 11.6 Å². The molecular weight excluding hydrogens is 288 g/mol. The molecule has 1 aromatic carbocycles. The van der Waals surface area contributed by atoms with E-state index in [9.17, 15) is 4.79 Å². The van der Waals surface area contributed by atoms with Gasteiger partial charge in [-0.05, 0) is 44.5 Å². The highest BCUT2D eigenvalue weighted by Crippen LogP contribution is 2.22. The molecule has 0 unspecified atom stereocenters. The molecule has 0 aliphatic rings. The Kier molecular flexibility index (Phi) is 7.54. The molecule has 0 aliphatic carbocycles. The van der Waals surface area contributed by atoms with Crippen LogP contribution in [-0.4, -0.2) is 25.1 Å². The monoisotopic (exact) mass is 312 g/mol. The Morgan fingerprint density at radius 2 is 2.00 bits per heavy atom. The van der Waals surface area contributed by atoms with Gasteiger partial charge in [-0.25, -0.2) is 0 Å². The van der Waals surface area contributed by atoms with Crippen molar-refractivity contribution in [3.63, 3.8) is 0 Å². The average Bonchev–Trinajstić information content (AvgIpc) is 2.36. The number of nitrogens with one attached hydrogen (secondary N) is 2. The van der Waals surface area contributed by atoms with Crippen LogP contribution in [0.5, 0.6) is 5.75 Å². The third kappa shape index (κ3) is 7.34. The van der Waals surface area contributed by atoms with Gasteiger partial charge in [0.05, 0.1) is 0 Å². The van der Waals surface area contributed by atoms with Gasteiger partial charge in [0.25, 0.3) is 5.91 Å². The zero-order valence-electron chi connectivity index (χ0n) is 13.2. The average molecular weight is 313 g/mol. The normalized spacial score (nSPS) is 11.0. The standard InChI is InChI=1S/C16H25ClN2O2/c1-11(2)8-18-9-13-7-14(17)5-6-15(13)21-10-16(20)19-12(3)4/h5-7,11-12,18H,8-10H2,1-4H3,(H,19,20). The van der Waals surface area contributed by atoms with Gasteiger partial charge in [-0.3, -0.25) is 4.79 Å². The summed E-state index contributed by atoms with van der Waals surface area (Å²) in [5, 5.41) is 6.81. The first kappa shape index (κ1) is 17.8. The Balaban J connectivity index is 2.61. The van der Waals surface area contributed by atoms with E-state index in [2.05, 4.69) is 24.5 Å². The Bertz CT molecular complexity index is 462. The summed E-state index contributed by atoms with van der Waals surface area (Å²) in [5.74, 6) is 1.14. The molecule has 0 radical (unpaired) electrons. The van der Waals surface area contributed by atoms with Crippen LogP contribution in [0.1, 0.15) is 33.3 Å². The van der Waals surface area contributed by atoms with Gasteiger partial charge < -0.3 is 15.4 Å². The van der Waals surface area contributed by atoms with Crippen molar-refractivity contribution in [3.05, 3.63) is 28.8 Å². The minimum Gasteiger partial charge on any atom is -0.483 e. The number of benzene rings is 1. The smallest absolute Gasteiger partial charge is 0.258 e. The lowest BCUT2D eigenvalue weighted by Crippen LogP contribution is -2.34. The van der Waals surface area contributed by atoms with Gasteiger partial charge in [0, 0.05) is 23.2 Å². The summed E-state index contributed by atoms with van der Waals surface area (Å²) >= 11 is 6.03. The highest BCUT2D eigenvalue weighted by Gasteiger charge is 2.09. The van der Waals surface area contributed by atoms with Gasteiger partial charge in [-0.1, -0.05) is 25.4 Å². The van der Waals surface area contributed by atoms with E-state index in [1.165, 1.54) is 0 Å². The maximum atomic E-state index is 11.6. The Morgan fingerprint density at radius 3 is 2.62 bits per heavy atom. The lowest BCUT2D eigenvalue weighted by atomic mass is 10.2. The van der Waals surface area contributed by atoms with E-state index >= 15 is 0 Å². The molecule has 1 amide bonds. The minimum absolute atomic E-state index is 0.0109. The number of carbonyl (C=O) groups is 1. The molecule has 0 saturated carbocycles. The molecule has 0 spiro atoms. The molecule has 0 saturated heterocycles. The van der Waals surface area contributed by atoms with Crippen LogP contribution < -0.4 is 15.4 Å². The van der Waals surface area contributed by atoms with Crippen molar-refractivity contribution in [2.45, 2.75) is 40.3 Å². The first-order valence-electron chi connectivity index (χ1n) is 7.29. The van der Waals surface area contributed by atoms with Gasteiger partial charge in [0.15, 0.2) is 6.61 Å². The van der Waals surface area contributed by atoms with E-state index in [-0.39, 0.29) is 18.6 Å². The summed E-state index contributed by atoms with van der Waals surface area (Å²) in [6, 6.07) is 5.55. The zero-order chi connectivity index (χ0) is 15.8. The fourth-order valence-electron chi connectivity index (χ4n) is 1.83. The SMILES string of the molecule is CC(C)CNCc1cc(Cl)ccc1OCC(=O)NC(C)C. The first-order valence-corrected chi connectivity index (χ1v) is 7.67. The lowest BCUT2D eigenvalue weighted by Gasteiger charge is -2.14. The van der Waals surface area contributed by atoms with Crippen LogP contribution in [0.3, 0.4) is 0 Å². The molecular formula is C16H25ClN2O2. The van der Waals surface area contributed by atoms with E-state index in [1.54, 1.807) is 12.1 Å². The van der Waals surface area contributed by atoms with Crippen LogP contribution in [0, 0.1) is 5.92 Å². The number of hydrogen-bond donors (Lipinski definition) is 2. The first-order chi connectivity index (χ1) is 9.88. The molecule has 5 heteroatoms. The van der Waals surface area contributed by atoms with Gasteiger partial charge >= 0.3 is 0 Å². The highest BCUT2D eigenvalue weighted by molar-refractivity contribution is 6.30. The number of hydrogen-bond acceptors (Lipinski definition) is 3. The van der Waals surface area contributed by atoms with Crippen LogP contribution in [-0.2, 0) is 11.3 Å². The fraction of sp³-hybridized carbons (Fsp3) is 0.562. The Labute approximate surface area is 132 Å². The highest BCUT2D eigenvalue weighted by atomic mass is 35.5. The van der Waals surface area contributed by atoms with Crippen molar-refractivity contribution in [1.82, 2.24) is 10.6 Å². The number of carbonyl (C=O) groups excluding carboxylic acids is 1. The molecule has 4 nitrogen and oxygen atoms in total. The molecule has 1 aromatic rings. The number of rotatable bonds is 8. The summed E-state index contributed by atoms with van der Waals surface area (Å²) in [6.45, 7) is 9.73. The zero-order valence-corrected chi connectivity index (χ0v) is 14.0. The second kappa shape index (κ2) is 8.90. The summed E-state index contributed by atoms with van der Waals surface area (Å²) in [4.78, 5) is 11.6. The maximum Gasteiger partial charge on any atom is 0.258 e. The molecule has 118 valence electrons. The van der Waals surface area contributed by atoms with Crippen molar-refractivity contribution in [2.24, 2.45) is 5.92 Å². The molecule has 0 aliphatic heterocycles. The van der Waals surface area contributed by atoms with Crippen LogP contribution in [0.25, 0.3) is 0 Å². The van der Waals surface area contributed by atoms with Crippen molar-refractivity contribution in [1.29, 1.82) is 0 Å². The van der Waals surface area contributed by atoms with Gasteiger partial charge in [0.2, 0.25) is 0 Å². The van der Waals surface area contributed by atoms with Crippen LogP contribution in [0.15, 0.2) is 18.2 Å². The number of ether oxygens (including phenoxy) is 1. The molecule has 0 bridgehead atoms. The van der Waals surface area contributed by atoms with Crippen molar-refractivity contribution in [3.8, 4) is 5.75 Å². The van der Waals surface area contributed by atoms with Crippen LogP contribution in [0.4, 0.5) is 0 Å². The molecule has 0 heterocycles. The van der Waals surface area contributed by atoms with Crippen molar-refractivity contribution < 1.29 is 9.53 Å². The molecule has 0 atom stereocenters. The predicted molar refractivity (Wildman–Crippen MR) is 86.8 cm³/mol. The second-order valence-corrected chi connectivity index (χ2v) is 6.22. The number of halogens is 1. The molecule has 0 aromatic heterocycles. The van der Waals surface area contributed by atoms with E-state index in [0.29, 0.717) is 23.2 Å².